The molecule has 40 heavy (non-hydrogen) atoms. The lowest BCUT2D eigenvalue weighted by atomic mass is 9.95. The number of terminal acetylenes is 1. The Hall–Kier alpha value is -3.48. The van der Waals surface area contributed by atoms with Crippen molar-refractivity contribution in [2.45, 2.75) is 26.1 Å². The van der Waals surface area contributed by atoms with Gasteiger partial charge < -0.3 is 34.7 Å². The Morgan fingerprint density at radius 2 is 2.08 bits per heavy atom. The van der Waals surface area contributed by atoms with Crippen LogP contribution in [0.4, 0.5) is 4.79 Å². The van der Waals surface area contributed by atoms with Crippen LogP contribution in [-0.4, -0.2) is 56.5 Å². The van der Waals surface area contributed by atoms with Gasteiger partial charge in [-0.3, -0.25) is 5.43 Å². The number of methoxy groups -OCH3 is 1. The number of hydrazone groups is 1. The summed E-state index contributed by atoms with van der Waals surface area (Å²) in [6, 6.07) is 7.46. The maximum atomic E-state index is 12.4. The zero-order valence-electron chi connectivity index (χ0n) is 21.9. The third-order valence-corrected chi connectivity index (χ3v) is 6.82. The molecule has 2 aromatic rings. The predicted molar refractivity (Wildman–Crippen MR) is 160 cm³/mol. The lowest BCUT2D eigenvalue weighted by Gasteiger charge is -2.28. The zero-order valence-corrected chi connectivity index (χ0v) is 25.7. The van der Waals surface area contributed by atoms with E-state index in [0.29, 0.717) is 35.1 Å². The monoisotopic (exact) mass is 726 g/mol. The van der Waals surface area contributed by atoms with Crippen LogP contribution in [0.1, 0.15) is 31.0 Å². The van der Waals surface area contributed by atoms with Crippen molar-refractivity contribution in [2.75, 3.05) is 26.9 Å². The van der Waals surface area contributed by atoms with E-state index in [1.807, 2.05) is 19.1 Å². The molecular weight excluding hydrogens is 699 g/mol. The van der Waals surface area contributed by atoms with Gasteiger partial charge in [0.25, 0.3) is 0 Å². The van der Waals surface area contributed by atoms with Crippen molar-refractivity contribution in [3.05, 3.63) is 60.8 Å². The molecule has 212 valence electrons. The number of aliphatic hydroxyl groups excluding tert-OH is 1. The van der Waals surface area contributed by atoms with Crippen molar-refractivity contribution in [3.8, 4) is 29.6 Å². The van der Waals surface area contributed by atoms with Crippen molar-refractivity contribution in [3.63, 3.8) is 0 Å². The van der Waals surface area contributed by atoms with Gasteiger partial charge in [-0.1, -0.05) is 12.0 Å². The third kappa shape index (κ3) is 8.03. The first-order valence-corrected chi connectivity index (χ1v) is 13.8. The Balaban J connectivity index is 1.68. The van der Waals surface area contributed by atoms with Crippen LogP contribution in [0.3, 0.4) is 0 Å². The Morgan fingerprint density at radius 1 is 1.30 bits per heavy atom. The van der Waals surface area contributed by atoms with Gasteiger partial charge in [-0.25, -0.2) is 9.59 Å². The molecule has 0 saturated carbocycles. The number of allylic oxidation sites excluding steroid dienone is 1. The van der Waals surface area contributed by atoms with E-state index in [9.17, 15) is 14.7 Å². The first-order chi connectivity index (χ1) is 19.2. The van der Waals surface area contributed by atoms with Crippen LogP contribution >= 0.6 is 38.5 Å². The molecule has 2 atom stereocenters. The minimum Gasteiger partial charge on any atom is -0.490 e. The second kappa shape index (κ2) is 14.8. The van der Waals surface area contributed by atoms with E-state index in [0.717, 1.165) is 13.6 Å². The molecule has 0 fully saturated rings. The molecule has 2 amide bonds. The zero-order chi connectivity index (χ0) is 29.2. The van der Waals surface area contributed by atoms with Crippen molar-refractivity contribution >= 4 is 56.7 Å². The highest BCUT2D eigenvalue weighted by Crippen LogP contribution is 2.35. The molecule has 0 bridgehead atoms. The molecule has 1 aliphatic rings. The molecule has 0 radical (unpaired) electrons. The molecule has 4 N–H and O–H groups in total. The molecule has 11 nitrogen and oxygen atoms in total. The highest BCUT2D eigenvalue weighted by Gasteiger charge is 2.32. The van der Waals surface area contributed by atoms with Gasteiger partial charge in [0.2, 0.25) is 0 Å². The number of benzene rings is 2. The van der Waals surface area contributed by atoms with Crippen LogP contribution in [0.25, 0.3) is 0 Å². The van der Waals surface area contributed by atoms with Crippen LogP contribution in [0, 0.1) is 15.9 Å². The molecule has 0 saturated heterocycles. The number of urea groups is 1. The number of hydrogen-bond acceptors (Lipinski definition) is 9. The normalized spacial score (nSPS) is 15.5. The highest BCUT2D eigenvalue weighted by atomic mass is 127. The number of hydrogen-bond donors (Lipinski definition) is 4. The number of aliphatic hydroxyl groups is 1. The Morgan fingerprint density at radius 3 is 2.75 bits per heavy atom. The number of nitrogens with one attached hydrogen (secondary N) is 3. The van der Waals surface area contributed by atoms with Crippen LogP contribution in [0.5, 0.6) is 17.2 Å². The molecule has 0 aliphatic carbocycles. The molecular formula is C27H28BrIN4O7. The lowest BCUT2D eigenvalue weighted by Crippen LogP contribution is -2.45. The van der Waals surface area contributed by atoms with Gasteiger partial charge in [0.1, 0.15) is 19.0 Å². The van der Waals surface area contributed by atoms with Gasteiger partial charge >= 0.3 is 12.0 Å². The minimum atomic E-state index is -1.13. The van der Waals surface area contributed by atoms with Crippen molar-refractivity contribution in [1.29, 1.82) is 0 Å². The van der Waals surface area contributed by atoms with E-state index in [1.165, 1.54) is 7.11 Å². The summed E-state index contributed by atoms with van der Waals surface area (Å²) in [4.78, 5) is 24.5. The first-order valence-electron chi connectivity index (χ1n) is 12.0. The number of rotatable bonds is 12. The number of esters is 1. The van der Waals surface area contributed by atoms with Crippen molar-refractivity contribution < 1.29 is 33.6 Å². The van der Waals surface area contributed by atoms with E-state index < -0.39 is 24.3 Å². The van der Waals surface area contributed by atoms with Crippen LogP contribution in [0.2, 0.25) is 0 Å². The predicted octanol–water partition coefficient (Wildman–Crippen LogP) is 3.59. The number of carbonyl (C=O) groups is 2. The second-order valence-electron chi connectivity index (χ2n) is 8.22. The Bertz CT molecular complexity index is 1340. The average molecular weight is 727 g/mol. The summed E-state index contributed by atoms with van der Waals surface area (Å²) in [5.41, 5.74) is 4.62. The quantitative estimate of drug-likeness (QED) is 0.0651. The van der Waals surface area contributed by atoms with Crippen molar-refractivity contribution in [1.82, 2.24) is 16.1 Å². The Labute approximate surface area is 253 Å². The molecule has 1 aliphatic heterocycles. The largest absolute Gasteiger partial charge is 0.490 e. The Kier molecular flexibility index (Phi) is 11.5. The summed E-state index contributed by atoms with van der Waals surface area (Å²) in [5.74, 6) is 3.23. The fourth-order valence-electron chi connectivity index (χ4n) is 3.73. The van der Waals surface area contributed by atoms with Crippen molar-refractivity contribution in [2.24, 2.45) is 5.10 Å². The van der Waals surface area contributed by atoms with E-state index >= 15 is 0 Å². The maximum absolute atomic E-state index is 12.4. The summed E-state index contributed by atoms with van der Waals surface area (Å²) in [7, 11) is 1.27. The van der Waals surface area contributed by atoms with E-state index in [2.05, 4.69) is 65.6 Å². The molecule has 3 rings (SSSR count). The molecule has 0 spiro atoms. The van der Waals surface area contributed by atoms with Crippen LogP contribution in [-0.2, 0) is 9.53 Å². The van der Waals surface area contributed by atoms with Gasteiger partial charge in [0.05, 0.1) is 39.6 Å². The van der Waals surface area contributed by atoms with Gasteiger partial charge in [-0.2, -0.15) is 5.10 Å². The highest BCUT2D eigenvalue weighted by molar-refractivity contribution is 14.1. The maximum Gasteiger partial charge on any atom is 0.337 e. The average Bonchev–Trinajstić information content (AvgIpc) is 2.91. The topological polar surface area (TPSA) is 140 Å². The first kappa shape index (κ1) is 31.1. The molecule has 0 unspecified atom stereocenters. The lowest BCUT2D eigenvalue weighted by molar-refractivity contribution is -0.136. The molecule has 1 heterocycles. The van der Waals surface area contributed by atoms with E-state index in [4.69, 9.17) is 25.4 Å². The van der Waals surface area contributed by atoms with E-state index in [-0.39, 0.29) is 18.8 Å². The van der Waals surface area contributed by atoms with Gasteiger partial charge in [0, 0.05) is 5.70 Å². The summed E-state index contributed by atoms with van der Waals surface area (Å²) in [6.45, 7) is 3.78. The molecule has 13 heteroatoms. The summed E-state index contributed by atoms with van der Waals surface area (Å²) < 4.78 is 23.5. The van der Waals surface area contributed by atoms with Crippen LogP contribution < -0.4 is 30.3 Å². The standard InChI is InChI=1S/C27H28BrIN4O7/c1-5-9-39-25-18(28)10-16(11-19(25)29)13-30-33-22(34)14-40-20-8-7-17(12-21(20)38-6-2)24-23(26(35)37-4)15(3)31-27(36)32-24/h1,7-8,10-13,22,24,33-34H,6,9,14H2,2-4H3,(H2,31,32,36)/b30-13-/t22-,24+/m0/s1. The summed E-state index contributed by atoms with van der Waals surface area (Å²) in [6.07, 6.45) is 5.67. The fourth-order valence-corrected chi connectivity index (χ4v) is 5.49. The summed E-state index contributed by atoms with van der Waals surface area (Å²) >= 11 is 5.59. The van der Waals surface area contributed by atoms with E-state index in [1.54, 1.807) is 31.3 Å². The second-order valence-corrected chi connectivity index (χ2v) is 10.2. The smallest absolute Gasteiger partial charge is 0.337 e. The van der Waals surface area contributed by atoms with Gasteiger partial charge in [-0.05, 0) is 87.8 Å². The fraction of sp³-hybridized carbons (Fsp3) is 0.296. The SMILES string of the molecule is C#CCOc1c(Br)cc(/C=N\N[C@@H](O)COc2ccc([C@H]3NC(=O)NC(C)=C3C(=O)OC)cc2OCC)cc1I. The number of nitrogens with zero attached hydrogens (tertiary/aromatic N) is 1. The summed E-state index contributed by atoms with van der Waals surface area (Å²) in [5, 5.41) is 19.7. The third-order valence-electron chi connectivity index (χ3n) is 5.43. The number of carbonyl (C=O) groups excluding carboxylic acids is 2. The molecule has 0 aromatic heterocycles. The molecule has 2 aromatic carbocycles. The van der Waals surface area contributed by atoms with Gasteiger partial charge in [-0.15, -0.1) is 6.42 Å². The van der Waals surface area contributed by atoms with Gasteiger partial charge in [0.15, 0.2) is 17.7 Å². The number of halogens is 2. The number of amides is 2. The number of ether oxygens (including phenoxy) is 4. The van der Waals surface area contributed by atoms with Crippen LogP contribution in [0.15, 0.2) is 51.2 Å². The minimum absolute atomic E-state index is 0.145.